The normalized spacial score (nSPS) is 12.5. The molecule has 0 heterocycles. The maximum Gasteiger partial charge on any atom is 0.147 e. The van der Waals surface area contributed by atoms with Crippen LogP contribution < -0.4 is 10.1 Å². The third-order valence-electron chi connectivity index (χ3n) is 2.53. The molecule has 0 aliphatic heterocycles. The van der Waals surface area contributed by atoms with Gasteiger partial charge in [-0.25, -0.2) is 0 Å². The number of hydrogen-bond donors (Lipinski definition) is 2. The SMILES string of the molecule is CCNCc1cc(Br)c(OCC(O)CC)c(Br)c1. The molecule has 1 rings (SSSR count). The van der Waals surface area contributed by atoms with Crippen molar-refractivity contribution in [1.82, 2.24) is 5.32 Å². The second-order valence-electron chi connectivity index (χ2n) is 4.04. The first-order valence-electron chi connectivity index (χ1n) is 6.08. The van der Waals surface area contributed by atoms with E-state index in [1.165, 1.54) is 5.56 Å². The Hall–Kier alpha value is -0.100. The number of nitrogens with one attached hydrogen (secondary N) is 1. The first-order chi connectivity index (χ1) is 8.58. The van der Waals surface area contributed by atoms with Crippen molar-refractivity contribution in [1.29, 1.82) is 0 Å². The third-order valence-corrected chi connectivity index (χ3v) is 3.71. The average molecular weight is 381 g/mol. The molecule has 2 N–H and O–H groups in total. The summed E-state index contributed by atoms with van der Waals surface area (Å²) in [6, 6.07) is 4.06. The summed E-state index contributed by atoms with van der Waals surface area (Å²) in [6.45, 7) is 6.08. The molecule has 18 heavy (non-hydrogen) atoms. The number of ether oxygens (including phenoxy) is 1. The van der Waals surface area contributed by atoms with Crippen LogP contribution in [0.25, 0.3) is 0 Å². The van der Waals surface area contributed by atoms with Gasteiger partial charge in [-0.3, -0.25) is 0 Å². The Morgan fingerprint density at radius 2 is 1.89 bits per heavy atom. The molecule has 0 aromatic heterocycles. The molecule has 0 amide bonds. The van der Waals surface area contributed by atoms with Crippen molar-refractivity contribution < 1.29 is 9.84 Å². The standard InChI is InChI=1S/C13H19Br2NO2/c1-3-10(17)8-18-13-11(14)5-9(6-12(13)15)7-16-4-2/h5-6,10,16-17H,3-4,7-8H2,1-2H3. The Kier molecular flexibility index (Phi) is 7.22. The Labute approximate surface area is 125 Å². The number of benzene rings is 1. The maximum absolute atomic E-state index is 9.51. The highest BCUT2D eigenvalue weighted by Gasteiger charge is 2.10. The summed E-state index contributed by atoms with van der Waals surface area (Å²) in [5, 5.41) is 12.8. The molecule has 1 atom stereocenters. The number of hydrogen-bond acceptors (Lipinski definition) is 3. The largest absolute Gasteiger partial charge is 0.489 e. The zero-order valence-corrected chi connectivity index (χ0v) is 13.8. The van der Waals surface area contributed by atoms with E-state index in [0.29, 0.717) is 13.0 Å². The highest BCUT2D eigenvalue weighted by atomic mass is 79.9. The van der Waals surface area contributed by atoms with Crippen LogP contribution in [0, 0.1) is 0 Å². The minimum absolute atomic E-state index is 0.306. The topological polar surface area (TPSA) is 41.5 Å². The fourth-order valence-corrected chi connectivity index (χ4v) is 2.93. The van der Waals surface area contributed by atoms with Crippen LogP contribution in [-0.2, 0) is 6.54 Å². The van der Waals surface area contributed by atoms with Crippen LogP contribution in [0.1, 0.15) is 25.8 Å². The van der Waals surface area contributed by atoms with Gasteiger partial charge >= 0.3 is 0 Å². The van der Waals surface area contributed by atoms with Crippen molar-refractivity contribution in [2.75, 3.05) is 13.2 Å². The second kappa shape index (κ2) is 8.15. The summed E-state index contributed by atoms with van der Waals surface area (Å²) in [5.74, 6) is 0.739. The predicted octanol–water partition coefficient (Wildman–Crippen LogP) is 3.47. The van der Waals surface area contributed by atoms with Crippen LogP contribution in [0.15, 0.2) is 21.1 Å². The van der Waals surface area contributed by atoms with Crippen molar-refractivity contribution in [3.8, 4) is 5.75 Å². The van der Waals surface area contributed by atoms with E-state index in [1.807, 2.05) is 19.1 Å². The zero-order chi connectivity index (χ0) is 13.5. The molecule has 0 saturated heterocycles. The molecule has 0 fully saturated rings. The second-order valence-corrected chi connectivity index (χ2v) is 5.75. The first-order valence-corrected chi connectivity index (χ1v) is 7.66. The summed E-state index contributed by atoms with van der Waals surface area (Å²) in [7, 11) is 0. The highest BCUT2D eigenvalue weighted by molar-refractivity contribution is 9.11. The van der Waals surface area contributed by atoms with Gasteiger partial charge in [0.2, 0.25) is 0 Å². The van der Waals surface area contributed by atoms with Gasteiger partial charge in [-0.2, -0.15) is 0 Å². The van der Waals surface area contributed by atoms with Gasteiger partial charge in [0.15, 0.2) is 0 Å². The summed E-state index contributed by atoms with van der Waals surface area (Å²) in [5.41, 5.74) is 1.18. The van der Waals surface area contributed by atoms with E-state index in [1.54, 1.807) is 0 Å². The lowest BCUT2D eigenvalue weighted by Crippen LogP contribution is -2.16. The van der Waals surface area contributed by atoms with E-state index in [0.717, 1.165) is 27.8 Å². The molecule has 102 valence electrons. The van der Waals surface area contributed by atoms with E-state index < -0.39 is 6.10 Å². The number of halogens is 2. The monoisotopic (exact) mass is 379 g/mol. The lowest BCUT2D eigenvalue weighted by atomic mass is 10.2. The molecule has 0 aliphatic carbocycles. The summed E-state index contributed by atoms with van der Waals surface area (Å²) in [6.07, 6.45) is 0.263. The van der Waals surface area contributed by atoms with Crippen molar-refractivity contribution >= 4 is 31.9 Å². The molecule has 0 radical (unpaired) electrons. The maximum atomic E-state index is 9.51. The predicted molar refractivity (Wildman–Crippen MR) is 81.0 cm³/mol. The summed E-state index contributed by atoms with van der Waals surface area (Å²) >= 11 is 7.00. The molecule has 1 aromatic carbocycles. The van der Waals surface area contributed by atoms with Gasteiger partial charge in [-0.1, -0.05) is 13.8 Å². The lowest BCUT2D eigenvalue weighted by molar-refractivity contribution is 0.103. The van der Waals surface area contributed by atoms with Gasteiger partial charge in [-0.05, 0) is 62.5 Å². The highest BCUT2D eigenvalue weighted by Crippen LogP contribution is 2.34. The molecule has 0 aliphatic rings. The molecule has 1 aromatic rings. The van der Waals surface area contributed by atoms with Gasteiger partial charge in [0.05, 0.1) is 15.0 Å². The number of aliphatic hydroxyl groups is 1. The summed E-state index contributed by atoms with van der Waals surface area (Å²) < 4.78 is 7.41. The van der Waals surface area contributed by atoms with Gasteiger partial charge in [0.25, 0.3) is 0 Å². The molecule has 0 bridgehead atoms. The molecule has 0 spiro atoms. The third kappa shape index (κ3) is 4.88. The summed E-state index contributed by atoms with van der Waals surface area (Å²) in [4.78, 5) is 0. The lowest BCUT2D eigenvalue weighted by Gasteiger charge is -2.14. The van der Waals surface area contributed by atoms with Gasteiger partial charge in [-0.15, -0.1) is 0 Å². The first kappa shape index (κ1) is 16.0. The van der Waals surface area contributed by atoms with Crippen LogP contribution in [-0.4, -0.2) is 24.4 Å². The van der Waals surface area contributed by atoms with Gasteiger partial charge in [0.1, 0.15) is 12.4 Å². The van der Waals surface area contributed by atoms with Crippen molar-refractivity contribution in [3.05, 3.63) is 26.6 Å². The molecule has 0 saturated carbocycles. The van der Waals surface area contributed by atoms with Crippen LogP contribution in [0.3, 0.4) is 0 Å². The molecular weight excluding hydrogens is 362 g/mol. The van der Waals surface area contributed by atoms with Crippen molar-refractivity contribution in [2.24, 2.45) is 0 Å². The quantitative estimate of drug-likeness (QED) is 0.760. The minimum atomic E-state index is -0.426. The fraction of sp³-hybridized carbons (Fsp3) is 0.538. The Morgan fingerprint density at radius 1 is 1.28 bits per heavy atom. The Balaban J connectivity index is 2.74. The van der Waals surface area contributed by atoms with Crippen LogP contribution in [0.2, 0.25) is 0 Å². The molecular formula is C13H19Br2NO2. The van der Waals surface area contributed by atoms with Crippen molar-refractivity contribution in [3.63, 3.8) is 0 Å². The Bertz CT molecular complexity index is 362. The van der Waals surface area contributed by atoms with Crippen LogP contribution >= 0.6 is 31.9 Å². The Morgan fingerprint density at radius 3 is 2.39 bits per heavy atom. The van der Waals surface area contributed by atoms with E-state index in [9.17, 15) is 5.11 Å². The molecule has 1 unspecified atom stereocenters. The van der Waals surface area contributed by atoms with Crippen molar-refractivity contribution in [2.45, 2.75) is 32.9 Å². The fourth-order valence-electron chi connectivity index (χ4n) is 1.42. The van der Waals surface area contributed by atoms with E-state index in [2.05, 4.69) is 44.1 Å². The van der Waals surface area contributed by atoms with Crippen LogP contribution in [0.5, 0.6) is 5.75 Å². The zero-order valence-electron chi connectivity index (χ0n) is 10.7. The number of aliphatic hydroxyl groups excluding tert-OH is 1. The van der Waals surface area contributed by atoms with Gasteiger partial charge < -0.3 is 15.2 Å². The molecule has 5 heteroatoms. The number of rotatable bonds is 7. The smallest absolute Gasteiger partial charge is 0.147 e. The van der Waals surface area contributed by atoms with Gasteiger partial charge in [0, 0.05) is 6.54 Å². The van der Waals surface area contributed by atoms with E-state index >= 15 is 0 Å². The molecule has 3 nitrogen and oxygen atoms in total. The van der Waals surface area contributed by atoms with E-state index in [-0.39, 0.29) is 0 Å². The minimum Gasteiger partial charge on any atom is -0.489 e. The van der Waals surface area contributed by atoms with E-state index in [4.69, 9.17) is 4.74 Å². The average Bonchev–Trinajstić information content (AvgIpc) is 2.34. The van der Waals surface area contributed by atoms with Crippen LogP contribution in [0.4, 0.5) is 0 Å².